The van der Waals surface area contributed by atoms with E-state index in [0.717, 1.165) is 15.5 Å². The van der Waals surface area contributed by atoms with Crippen LogP contribution in [0.5, 0.6) is 0 Å². The molecule has 2 rings (SSSR count). The number of hydrogen-bond acceptors (Lipinski definition) is 7. The maximum Gasteiger partial charge on any atom is 0.226 e. The topological polar surface area (TPSA) is 95.1 Å². The molecule has 0 atom stereocenters. The first-order valence-corrected chi connectivity index (χ1v) is 11.7. The summed E-state index contributed by atoms with van der Waals surface area (Å²) in [5.74, 6) is -0.0876. The predicted molar refractivity (Wildman–Crippen MR) is 128 cm³/mol. The van der Waals surface area contributed by atoms with Crippen molar-refractivity contribution in [1.82, 2.24) is 5.32 Å². The van der Waals surface area contributed by atoms with Crippen molar-refractivity contribution in [1.29, 1.82) is 0 Å². The Balaban J connectivity index is 1.44. The van der Waals surface area contributed by atoms with Crippen molar-refractivity contribution in [2.75, 3.05) is 64.7 Å². The van der Waals surface area contributed by atoms with E-state index >= 15 is 0 Å². The second-order valence-corrected chi connectivity index (χ2v) is 7.91. The van der Waals surface area contributed by atoms with Crippen LogP contribution >= 0.6 is 11.8 Å². The van der Waals surface area contributed by atoms with E-state index in [2.05, 4.69) is 22.8 Å². The molecule has 2 aromatic rings. The second-order valence-electron chi connectivity index (χ2n) is 6.76. The Morgan fingerprint density at radius 3 is 2.03 bits per heavy atom. The number of rotatable bonds is 19. The largest absolute Gasteiger partial charge is 0.379 e. The summed E-state index contributed by atoms with van der Waals surface area (Å²) in [6.45, 7) is 4.05. The first-order valence-electron chi connectivity index (χ1n) is 10.9. The van der Waals surface area contributed by atoms with E-state index in [4.69, 9.17) is 18.9 Å². The lowest BCUT2D eigenvalue weighted by atomic mass is 10.3. The summed E-state index contributed by atoms with van der Waals surface area (Å²) in [6.07, 6.45) is 0.920. The highest BCUT2D eigenvalue weighted by molar-refractivity contribution is 7.99. The molecule has 0 fully saturated rings. The summed E-state index contributed by atoms with van der Waals surface area (Å²) in [7, 11) is 0. The molecule has 0 heterocycles. The van der Waals surface area contributed by atoms with Crippen molar-refractivity contribution in [3.63, 3.8) is 0 Å². The van der Waals surface area contributed by atoms with E-state index in [1.165, 1.54) is 0 Å². The summed E-state index contributed by atoms with van der Waals surface area (Å²) in [6, 6.07) is 17.9. The third kappa shape index (κ3) is 13.7. The van der Waals surface area contributed by atoms with Gasteiger partial charge >= 0.3 is 0 Å². The predicted octanol–water partition coefficient (Wildman–Crippen LogP) is 2.98. The Labute approximate surface area is 199 Å². The van der Waals surface area contributed by atoms with Crippen LogP contribution in [0.4, 0.5) is 5.69 Å². The lowest BCUT2D eigenvalue weighted by Gasteiger charge is -2.09. The lowest BCUT2D eigenvalue weighted by molar-refractivity contribution is -0.117. The zero-order valence-electron chi connectivity index (χ0n) is 18.7. The Morgan fingerprint density at radius 1 is 0.758 bits per heavy atom. The summed E-state index contributed by atoms with van der Waals surface area (Å²) in [5.41, 5.74) is 0.771. The van der Waals surface area contributed by atoms with Crippen LogP contribution in [0.15, 0.2) is 64.4 Å². The van der Waals surface area contributed by atoms with Crippen LogP contribution in [0, 0.1) is 0 Å². The van der Waals surface area contributed by atoms with Gasteiger partial charge in [-0.2, -0.15) is 0 Å². The number of carbonyl (C=O) groups is 2. The Hall–Kier alpha value is -2.43. The highest BCUT2D eigenvalue weighted by Gasteiger charge is 2.04. The lowest BCUT2D eigenvalue weighted by Crippen LogP contribution is -2.19. The summed E-state index contributed by atoms with van der Waals surface area (Å²) >= 11 is 1.65. The van der Waals surface area contributed by atoms with E-state index in [9.17, 15) is 9.59 Å². The fourth-order valence-electron chi connectivity index (χ4n) is 2.60. The van der Waals surface area contributed by atoms with Gasteiger partial charge in [0.05, 0.1) is 59.3 Å². The Morgan fingerprint density at radius 2 is 1.36 bits per heavy atom. The summed E-state index contributed by atoms with van der Waals surface area (Å²) in [4.78, 5) is 24.4. The molecule has 0 unspecified atom stereocenters. The van der Waals surface area contributed by atoms with Crippen molar-refractivity contribution >= 4 is 29.8 Å². The fourth-order valence-corrected chi connectivity index (χ4v) is 3.50. The minimum atomic E-state index is -0.0876. The van der Waals surface area contributed by atoms with Crippen LogP contribution in [0.25, 0.3) is 0 Å². The molecule has 0 aliphatic carbocycles. The first kappa shape index (κ1) is 26.8. The highest BCUT2D eigenvalue weighted by Crippen LogP contribution is 2.29. The first-order chi connectivity index (χ1) is 16.3. The maximum absolute atomic E-state index is 12.1. The molecule has 2 N–H and O–H groups in total. The number of nitrogens with one attached hydrogen (secondary N) is 2. The number of benzene rings is 2. The third-order valence-corrected chi connectivity index (χ3v) is 5.16. The van der Waals surface area contributed by atoms with Gasteiger partial charge in [0.2, 0.25) is 12.3 Å². The number of hydrogen-bond donors (Lipinski definition) is 2. The van der Waals surface area contributed by atoms with Crippen LogP contribution in [-0.2, 0) is 28.5 Å². The van der Waals surface area contributed by atoms with Crippen LogP contribution in [0.3, 0.4) is 0 Å². The van der Waals surface area contributed by atoms with Gasteiger partial charge in [-0.1, -0.05) is 36.0 Å². The van der Waals surface area contributed by atoms with Crippen molar-refractivity contribution in [2.45, 2.75) is 16.2 Å². The molecule has 0 saturated carbocycles. The molecule has 2 aromatic carbocycles. The average molecular weight is 477 g/mol. The van der Waals surface area contributed by atoms with E-state index < -0.39 is 0 Å². The molecule has 2 amide bonds. The minimum absolute atomic E-state index is 0.0876. The average Bonchev–Trinajstić information content (AvgIpc) is 2.82. The minimum Gasteiger partial charge on any atom is -0.379 e. The number of carbonyl (C=O) groups excluding carboxylic acids is 2. The van der Waals surface area contributed by atoms with Crippen molar-refractivity contribution in [2.24, 2.45) is 0 Å². The van der Waals surface area contributed by atoms with Gasteiger partial charge in [-0.25, -0.2) is 0 Å². The van der Waals surface area contributed by atoms with Crippen LogP contribution in [0.1, 0.15) is 6.42 Å². The molecule has 180 valence electrons. The number of anilines is 1. The standard InChI is InChI=1S/C24H32N2O6S/c27-20-25-10-12-30-14-16-32-18-17-31-15-13-29-11-9-24(28)26-21-5-4-8-23(19-21)33-22-6-2-1-3-7-22/h1-8,19-20H,9-18H2,(H,25,27)(H,26,28). The highest BCUT2D eigenvalue weighted by atomic mass is 32.2. The van der Waals surface area contributed by atoms with E-state index in [1.54, 1.807) is 11.8 Å². The van der Waals surface area contributed by atoms with Gasteiger partial charge in [0.25, 0.3) is 0 Å². The smallest absolute Gasteiger partial charge is 0.226 e. The van der Waals surface area contributed by atoms with Crippen molar-refractivity contribution < 1.29 is 28.5 Å². The van der Waals surface area contributed by atoms with Crippen molar-refractivity contribution in [3.8, 4) is 0 Å². The monoisotopic (exact) mass is 476 g/mol. The van der Waals surface area contributed by atoms with Gasteiger partial charge in [0, 0.05) is 22.0 Å². The third-order valence-electron chi connectivity index (χ3n) is 4.16. The van der Waals surface area contributed by atoms with Crippen LogP contribution in [-0.4, -0.2) is 71.7 Å². The Bertz CT molecular complexity index is 794. The van der Waals surface area contributed by atoms with Gasteiger partial charge in [0.1, 0.15) is 0 Å². The molecular weight excluding hydrogens is 444 g/mol. The van der Waals surface area contributed by atoms with Gasteiger partial charge in [0.15, 0.2) is 0 Å². The molecule has 0 aromatic heterocycles. The van der Waals surface area contributed by atoms with Gasteiger partial charge in [-0.15, -0.1) is 0 Å². The molecule has 0 aliphatic heterocycles. The fraction of sp³-hybridized carbons (Fsp3) is 0.417. The molecule has 0 aliphatic rings. The second kappa shape index (κ2) is 18.0. The molecule has 0 spiro atoms. The molecular formula is C24H32N2O6S. The van der Waals surface area contributed by atoms with Gasteiger partial charge in [-0.3, -0.25) is 9.59 Å². The van der Waals surface area contributed by atoms with Crippen LogP contribution in [0.2, 0.25) is 0 Å². The molecule has 9 heteroatoms. The Kier molecular flexibility index (Phi) is 14.7. The van der Waals surface area contributed by atoms with Gasteiger partial charge in [-0.05, 0) is 30.3 Å². The zero-order chi connectivity index (χ0) is 23.4. The van der Waals surface area contributed by atoms with Gasteiger partial charge < -0.3 is 29.6 Å². The number of amides is 2. The SMILES string of the molecule is O=CNCCOCCOCCOCCOCCC(=O)Nc1cccc(Sc2ccccc2)c1. The maximum atomic E-state index is 12.1. The number of ether oxygens (including phenoxy) is 4. The molecule has 0 saturated heterocycles. The quantitative estimate of drug-likeness (QED) is 0.238. The normalized spacial score (nSPS) is 10.7. The van der Waals surface area contributed by atoms with E-state index in [-0.39, 0.29) is 12.3 Å². The van der Waals surface area contributed by atoms with E-state index in [1.807, 2.05) is 42.5 Å². The molecule has 0 radical (unpaired) electrons. The molecule has 0 bridgehead atoms. The molecule has 33 heavy (non-hydrogen) atoms. The summed E-state index contributed by atoms with van der Waals surface area (Å²) in [5, 5.41) is 5.42. The zero-order valence-corrected chi connectivity index (χ0v) is 19.5. The summed E-state index contributed by atoms with van der Waals surface area (Å²) < 4.78 is 21.5. The van der Waals surface area contributed by atoms with E-state index in [0.29, 0.717) is 65.8 Å². The molecule has 8 nitrogen and oxygen atoms in total. The van der Waals surface area contributed by atoms with Crippen molar-refractivity contribution in [3.05, 3.63) is 54.6 Å². The van der Waals surface area contributed by atoms with Crippen LogP contribution < -0.4 is 10.6 Å².